The first kappa shape index (κ1) is 22.5. The number of aromatic nitrogens is 2. The number of aliphatic hydroxyl groups excluding tert-OH is 1. The Bertz CT molecular complexity index is 1020. The van der Waals surface area contributed by atoms with Crippen LogP contribution in [0.3, 0.4) is 0 Å². The predicted molar refractivity (Wildman–Crippen MR) is 121 cm³/mol. The summed E-state index contributed by atoms with van der Waals surface area (Å²) in [7, 11) is 0. The summed E-state index contributed by atoms with van der Waals surface area (Å²) in [5.74, 6) is -0.325. The highest BCUT2D eigenvalue weighted by Gasteiger charge is 2.22. The Morgan fingerprint density at radius 2 is 2.04 bits per heavy atom. The maximum Gasteiger partial charge on any atom is 0.260 e. The Morgan fingerprint density at radius 3 is 2.61 bits per heavy atom. The maximum absolute atomic E-state index is 11.7. The van der Waals surface area contributed by atoms with Crippen LogP contribution in [0, 0.1) is 0 Å². The van der Waals surface area contributed by atoms with Gasteiger partial charge < -0.3 is 21.9 Å². The van der Waals surface area contributed by atoms with Crippen molar-refractivity contribution in [2.45, 2.75) is 19.4 Å². The van der Waals surface area contributed by atoms with Gasteiger partial charge in [0.2, 0.25) is 5.95 Å². The number of nitrogens with zero attached hydrogens (tertiary/aromatic N) is 2. The van der Waals surface area contributed by atoms with Crippen molar-refractivity contribution < 1.29 is 9.90 Å². The summed E-state index contributed by atoms with van der Waals surface area (Å²) in [5, 5.41) is 13.8. The summed E-state index contributed by atoms with van der Waals surface area (Å²) in [6.45, 7) is 1.86. The number of rotatable bonds is 6. The van der Waals surface area contributed by atoms with Gasteiger partial charge in [0.15, 0.2) is 0 Å². The number of thiophene rings is 1. The molecular weight excluding hydrogens is 441 g/mol. The van der Waals surface area contributed by atoms with E-state index in [0.717, 1.165) is 11.3 Å². The second kappa shape index (κ2) is 9.15. The monoisotopic (exact) mass is 459 g/mol. The third-order valence-electron chi connectivity index (χ3n) is 4.05. The molecule has 0 saturated carbocycles. The van der Waals surface area contributed by atoms with Crippen molar-refractivity contribution in [3.8, 4) is 11.3 Å². The van der Waals surface area contributed by atoms with Crippen molar-refractivity contribution in [1.29, 1.82) is 0 Å². The maximum atomic E-state index is 11.7. The number of halogens is 2. The average molecular weight is 460 g/mol. The van der Waals surface area contributed by atoms with Gasteiger partial charge in [-0.1, -0.05) is 36.2 Å². The van der Waals surface area contributed by atoms with Crippen LogP contribution in [0.15, 0.2) is 18.2 Å². The molecule has 0 unspecified atom stereocenters. The molecule has 1 atom stereocenters. The normalized spacial score (nSPS) is 11.9. The van der Waals surface area contributed by atoms with Crippen molar-refractivity contribution in [3.63, 3.8) is 0 Å². The number of primary amides is 1. The van der Waals surface area contributed by atoms with Gasteiger partial charge >= 0.3 is 0 Å². The number of hydrogen-bond donors (Lipinski definition) is 4. The van der Waals surface area contributed by atoms with Crippen LogP contribution in [0.25, 0.3) is 21.5 Å². The molecule has 3 aromatic rings. The molecule has 150 valence electrons. The Kier molecular flexibility index (Phi) is 7.35. The lowest BCUT2D eigenvalue weighted by Gasteiger charge is -2.15. The van der Waals surface area contributed by atoms with E-state index in [1.54, 1.807) is 18.2 Å². The molecule has 0 fully saturated rings. The number of fused-ring (bicyclic) bond motifs is 1. The van der Waals surface area contributed by atoms with Crippen LogP contribution in [0.5, 0.6) is 0 Å². The van der Waals surface area contributed by atoms with E-state index in [-0.39, 0.29) is 36.7 Å². The predicted octanol–water partition coefficient (Wildman–Crippen LogP) is 3.64. The number of aliphatic hydroxyl groups is 1. The number of anilines is 2. The Labute approximate surface area is 182 Å². The molecule has 0 radical (unpaired) electrons. The van der Waals surface area contributed by atoms with Crippen molar-refractivity contribution in [2.75, 3.05) is 17.7 Å². The van der Waals surface area contributed by atoms with E-state index < -0.39 is 5.91 Å². The van der Waals surface area contributed by atoms with Crippen molar-refractivity contribution >= 4 is 75.8 Å². The first-order chi connectivity index (χ1) is 12.8. The van der Waals surface area contributed by atoms with Crippen molar-refractivity contribution in [1.82, 2.24) is 9.97 Å². The van der Waals surface area contributed by atoms with E-state index in [2.05, 4.69) is 15.3 Å². The number of nitrogen functional groups attached to an aromatic ring is 1. The zero-order valence-corrected chi connectivity index (χ0v) is 18.1. The molecular formula is C17H19Cl2N5O2S2. The zero-order chi connectivity index (χ0) is 19.7. The van der Waals surface area contributed by atoms with E-state index >= 15 is 0 Å². The molecule has 1 aromatic carbocycles. The zero-order valence-electron chi connectivity index (χ0n) is 14.8. The van der Waals surface area contributed by atoms with Gasteiger partial charge in [-0.3, -0.25) is 4.79 Å². The molecule has 2 heterocycles. The SMILES string of the molecule is CC[C@@H](CO)Nc1nc(-c2ccc(Cl)c(Cl)c2)c2c(N)c(C(N)=O)sc2n1.S. The van der Waals surface area contributed by atoms with Gasteiger partial charge in [-0.15, -0.1) is 11.3 Å². The highest BCUT2D eigenvalue weighted by molar-refractivity contribution is 7.59. The molecule has 0 aliphatic heterocycles. The lowest BCUT2D eigenvalue weighted by Crippen LogP contribution is -2.24. The van der Waals surface area contributed by atoms with Crippen LogP contribution in [-0.2, 0) is 0 Å². The summed E-state index contributed by atoms with van der Waals surface area (Å²) in [6.07, 6.45) is 0.680. The Hall–Kier alpha value is -1.78. The topological polar surface area (TPSA) is 127 Å². The van der Waals surface area contributed by atoms with Crippen LogP contribution in [0.2, 0.25) is 10.0 Å². The smallest absolute Gasteiger partial charge is 0.260 e. The molecule has 0 aliphatic rings. The van der Waals surface area contributed by atoms with Gasteiger partial charge in [-0.2, -0.15) is 13.5 Å². The fourth-order valence-corrected chi connectivity index (χ4v) is 3.83. The van der Waals surface area contributed by atoms with Crippen LogP contribution < -0.4 is 16.8 Å². The van der Waals surface area contributed by atoms with E-state index in [9.17, 15) is 9.90 Å². The molecule has 11 heteroatoms. The number of carbonyl (C=O) groups is 1. The van der Waals surface area contributed by atoms with Crippen LogP contribution in [0.4, 0.5) is 11.6 Å². The number of hydrogen-bond acceptors (Lipinski definition) is 7. The number of nitrogens with one attached hydrogen (secondary N) is 1. The third-order valence-corrected chi connectivity index (χ3v) is 5.90. The molecule has 0 bridgehead atoms. The van der Waals surface area contributed by atoms with Gasteiger partial charge in [0, 0.05) is 5.56 Å². The highest BCUT2D eigenvalue weighted by atomic mass is 35.5. The lowest BCUT2D eigenvalue weighted by molar-refractivity contribution is 0.100. The largest absolute Gasteiger partial charge is 0.397 e. The molecule has 6 N–H and O–H groups in total. The Morgan fingerprint density at radius 1 is 1.32 bits per heavy atom. The summed E-state index contributed by atoms with van der Waals surface area (Å²) in [6, 6.07) is 4.86. The quantitative estimate of drug-likeness (QED) is 0.445. The molecule has 0 aliphatic carbocycles. The number of carbonyl (C=O) groups excluding carboxylic acids is 1. The minimum atomic E-state index is -0.633. The van der Waals surface area contributed by atoms with Crippen LogP contribution in [-0.4, -0.2) is 33.6 Å². The number of nitrogens with two attached hydrogens (primary N) is 2. The second-order valence-corrected chi connectivity index (χ2v) is 7.66. The van der Waals surface area contributed by atoms with Crippen LogP contribution >= 0.6 is 48.0 Å². The fraction of sp³-hybridized carbons (Fsp3) is 0.235. The molecule has 2 aromatic heterocycles. The van der Waals surface area contributed by atoms with Crippen molar-refractivity contribution in [3.05, 3.63) is 33.1 Å². The number of benzene rings is 1. The molecule has 3 rings (SSSR count). The summed E-state index contributed by atoms with van der Waals surface area (Å²) in [4.78, 5) is 21.4. The molecule has 1 amide bonds. The molecule has 28 heavy (non-hydrogen) atoms. The minimum absolute atomic E-state index is 0. The standard InChI is InChI=1S/C17H17Cl2N5O2S.H2S/c1-2-8(6-25)22-17-23-13(7-3-4-9(18)10(19)5-7)11-12(20)14(15(21)26)27-16(11)24-17;/h3-5,8,25H,2,6,20H2,1H3,(H2,21,26)(H,22,23,24);1H2/t8-;/m0./s1. The van der Waals surface area contributed by atoms with E-state index in [0.29, 0.717) is 43.9 Å². The number of amides is 1. The van der Waals surface area contributed by atoms with E-state index in [4.69, 9.17) is 34.7 Å². The minimum Gasteiger partial charge on any atom is -0.397 e. The van der Waals surface area contributed by atoms with Gasteiger partial charge in [0.25, 0.3) is 5.91 Å². The fourth-order valence-electron chi connectivity index (χ4n) is 2.58. The molecule has 0 spiro atoms. The summed E-state index contributed by atoms with van der Waals surface area (Å²) >= 11 is 13.3. The van der Waals surface area contributed by atoms with Crippen molar-refractivity contribution in [2.24, 2.45) is 5.73 Å². The first-order valence-electron chi connectivity index (χ1n) is 8.08. The van der Waals surface area contributed by atoms with E-state index in [1.807, 2.05) is 6.92 Å². The van der Waals surface area contributed by atoms with Gasteiger partial charge in [0.1, 0.15) is 9.71 Å². The first-order valence-corrected chi connectivity index (χ1v) is 9.65. The molecule has 0 saturated heterocycles. The average Bonchev–Trinajstić information content (AvgIpc) is 2.98. The molecule has 7 nitrogen and oxygen atoms in total. The van der Waals surface area contributed by atoms with Crippen LogP contribution in [0.1, 0.15) is 23.0 Å². The summed E-state index contributed by atoms with van der Waals surface area (Å²) < 4.78 is 0. The summed E-state index contributed by atoms with van der Waals surface area (Å²) in [5.41, 5.74) is 13.0. The Balaban J connectivity index is 0.00000280. The van der Waals surface area contributed by atoms with E-state index in [1.165, 1.54) is 0 Å². The second-order valence-electron chi connectivity index (χ2n) is 5.85. The lowest BCUT2D eigenvalue weighted by atomic mass is 10.1. The highest BCUT2D eigenvalue weighted by Crippen LogP contribution is 2.40. The van der Waals surface area contributed by atoms with Gasteiger partial charge in [0.05, 0.1) is 39.5 Å². The third kappa shape index (κ3) is 4.28. The van der Waals surface area contributed by atoms with Gasteiger partial charge in [-0.05, 0) is 18.6 Å². The van der Waals surface area contributed by atoms with Gasteiger partial charge in [-0.25, -0.2) is 9.97 Å².